The van der Waals surface area contributed by atoms with Gasteiger partial charge in [0, 0.05) is 20.9 Å². The van der Waals surface area contributed by atoms with E-state index in [0.717, 1.165) is 12.7 Å². The Labute approximate surface area is 99.7 Å². The molecular formula is C9H18BrFN2OSi. The van der Waals surface area contributed by atoms with Gasteiger partial charge in [0.1, 0.15) is 6.73 Å². The van der Waals surface area contributed by atoms with Crippen molar-refractivity contribution >= 4 is 30.0 Å². The fourth-order valence-electron chi connectivity index (χ4n) is 0.704. The molecule has 0 aromatic carbocycles. The molecule has 0 heterocycles. The highest BCUT2D eigenvalue weighted by atomic mass is 79.9. The number of halogens is 2. The molecule has 88 valence electrons. The summed E-state index contributed by atoms with van der Waals surface area (Å²) in [7, 11) is -1.03. The molecule has 0 atom stereocenters. The van der Waals surface area contributed by atoms with Crippen LogP contribution in [0.2, 0.25) is 25.7 Å². The van der Waals surface area contributed by atoms with Crippen LogP contribution in [0.1, 0.15) is 0 Å². The maximum atomic E-state index is 12.2. The SMILES string of the molecule is C[Si](C)(C)CCOCN/C=C(/Br)C(=N)F. The Bertz CT molecular complexity index is 241. The predicted octanol–water partition coefficient (Wildman–Crippen LogP) is 3.07. The Kier molecular flexibility index (Phi) is 7.04. The van der Waals surface area contributed by atoms with Crippen LogP contribution in [0.5, 0.6) is 0 Å². The van der Waals surface area contributed by atoms with E-state index in [1.54, 1.807) is 0 Å². The Hall–Kier alpha value is -0.203. The maximum Gasteiger partial charge on any atom is 0.221 e. The summed E-state index contributed by atoms with van der Waals surface area (Å²) in [5, 5.41) is 9.40. The van der Waals surface area contributed by atoms with Crippen LogP contribution in [0.3, 0.4) is 0 Å². The molecule has 3 nitrogen and oxygen atoms in total. The topological polar surface area (TPSA) is 45.1 Å². The summed E-state index contributed by atoms with van der Waals surface area (Å²) < 4.78 is 17.6. The smallest absolute Gasteiger partial charge is 0.221 e. The van der Waals surface area contributed by atoms with E-state index in [2.05, 4.69) is 40.9 Å². The summed E-state index contributed by atoms with van der Waals surface area (Å²) in [5.41, 5.74) is 0. The van der Waals surface area contributed by atoms with E-state index in [1.165, 1.54) is 6.20 Å². The summed E-state index contributed by atoms with van der Waals surface area (Å²) in [6.45, 7) is 7.91. The molecule has 6 heteroatoms. The van der Waals surface area contributed by atoms with Gasteiger partial charge >= 0.3 is 0 Å². The Morgan fingerprint density at radius 3 is 2.60 bits per heavy atom. The first-order valence-corrected chi connectivity index (χ1v) is 9.24. The van der Waals surface area contributed by atoms with Gasteiger partial charge in [0.05, 0.1) is 4.48 Å². The third kappa shape index (κ3) is 10.1. The predicted molar refractivity (Wildman–Crippen MR) is 68.0 cm³/mol. The van der Waals surface area contributed by atoms with Crippen molar-refractivity contribution in [1.82, 2.24) is 5.32 Å². The lowest BCUT2D eigenvalue weighted by Crippen LogP contribution is -2.23. The summed E-state index contributed by atoms with van der Waals surface area (Å²) in [4.78, 5) is 0. The van der Waals surface area contributed by atoms with Gasteiger partial charge < -0.3 is 10.1 Å². The molecule has 0 fully saturated rings. The second-order valence-electron chi connectivity index (χ2n) is 4.37. The van der Waals surface area contributed by atoms with Gasteiger partial charge in [-0.15, -0.1) is 0 Å². The molecule has 0 radical (unpaired) electrons. The fourth-order valence-corrected chi connectivity index (χ4v) is 1.62. The first kappa shape index (κ1) is 14.8. The third-order valence-corrected chi connectivity index (χ3v) is 3.90. The second kappa shape index (κ2) is 7.13. The lowest BCUT2D eigenvalue weighted by atomic mass is 10.6. The van der Waals surface area contributed by atoms with Gasteiger partial charge in [-0.2, -0.15) is 4.39 Å². The zero-order valence-electron chi connectivity index (χ0n) is 9.36. The van der Waals surface area contributed by atoms with Gasteiger partial charge in [0.15, 0.2) is 0 Å². The van der Waals surface area contributed by atoms with E-state index in [-0.39, 0.29) is 4.48 Å². The molecule has 0 rings (SSSR count). The minimum absolute atomic E-state index is 0.0938. The van der Waals surface area contributed by atoms with Crippen LogP contribution >= 0.6 is 15.9 Å². The van der Waals surface area contributed by atoms with Crippen LogP contribution in [0, 0.1) is 5.41 Å². The van der Waals surface area contributed by atoms with Gasteiger partial charge in [-0.05, 0) is 22.0 Å². The molecule has 0 aliphatic carbocycles. The van der Waals surface area contributed by atoms with Crippen LogP contribution in [-0.2, 0) is 4.74 Å². The molecule has 0 aromatic rings. The number of allylic oxidation sites excluding steroid dienone is 1. The number of hydrogen-bond donors (Lipinski definition) is 2. The van der Waals surface area contributed by atoms with E-state index in [0.29, 0.717) is 6.73 Å². The molecule has 2 N–H and O–H groups in total. The van der Waals surface area contributed by atoms with Crippen molar-refractivity contribution in [2.45, 2.75) is 25.7 Å². The minimum atomic E-state index is -1.03. The van der Waals surface area contributed by atoms with Crippen LogP contribution < -0.4 is 5.32 Å². The quantitative estimate of drug-likeness (QED) is 0.328. The van der Waals surface area contributed by atoms with Crippen molar-refractivity contribution < 1.29 is 9.13 Å². The van der Waals surface area contributed by atoms with Crippen LogP contribution in [-0.4, -0.2) is 27.4 Å². The standard InChI is InChI=1S/C9H18BrFN2OSi/c1-15(2,3)5-4-14-7-13-6-8(10)9(11)12/h6,12-13H,4-5,7H2,1-3H3/b8-6+,12-9?. The summed E-state index contributed by atoms with van der Waals surface area (Å²) in [6, 6.07) is 1.11. The first-order chi connectivity index (χ1) is 6.83. The molecule has 0 aliphatic rings. The Morgan fingerprint density at radius 2 is 2.13 bits per heavy atom. The van der Waals surface area contributed by atoms with E-state index < -0.39 is 14.0 Å². The highest BCUT2D eigenvalue weighted by molar-refractivity contribution is 9.12. The van der Waals surface area contributed by atoms with Crippen molar-refractivity contribution in [3.05, 3.63) is 10.7 Å². The highest BCUT2D eigenvalue weighted by Gasteiger charge is 2.11. The number of ether oxygens (including phenoxy) is 1. The van der Waals surface area contributed by atoms with Crippen molar-refractivity contribution in [1.29, 1.82) is 5.41 Å². The molecule has 0 saturated carbocycles. The van der Waals surface area contributed by atoms with Gasteiger partial charge in [-0.1, -0.05) is 19.6 Å². The monoisotopic (exact) mass is 296 g/mol. The number of hydrogen-bond acceptors (Lipinski definition) is 3. The summed E-state index contributed by atoms with van der Waals surface area (Å²) >= 11 is 2.89. The lowest BCUT2D eigenvalue weighted by Gasteiger charge is -2.15. The van der Waals surface area contributed by atoms with Crippen molar-refractivity contribution in [2.24, 2.45) is 0 Å². The summed E-state index contributed by atoms with van der Waals surface area (Å²) in [5.74, 6) is -0.996. The lowest BCUT2D eigenvalue weighted by molar-refractivity contribution is 0.137. The average Bonchev–Trinajstić information content (AvgIpc) is 2.08. The zero-order chi connectivity index (χ0) is 11.9. The molecule has 0 saturated heterocycles. The normalized spacial score (nSPS) is 12.7. The molecule has 0 bridgehead atoms. The Morgan fingerprint density at radius 1 is 1.53 bits per heavy atom. The number of nitrogens with one attached hydrogen (secondary N) is 2. The number of rotatable bonds is 7. The van der Waals surface area contributed by atoms with E-state index in [4.69, 9.17) is 10.1 Å². The summed E-state index contributed by atoms with van der Waals surface area (Å²) in [6.07, 6.45) is 1.37. The molecule has 0 spiro atoms. The third-order valence-electron chi connectivity index (χ3n) is 1.62. The van der Waals surface area contributed by atoms with E-state index >= 15 is 0 Å². The molecule has 0 amide bonds. The van der Waals surface area contributed by atoms with Gasteiger partial charge in [0.2, 0.25) is 5.97 Å². The van der Waals surface area contributed by atoms with Crippen LogP contribution in [0.25, 0.3) is 0 Å². The average molecular weight is 297 g/mol. The van der Waals surface area contributed by atoms with E-state index in [1.807, 2.05) is 0 Å². The second-order valence-corrected chi connectivity index (χ2v) is 10.8. The van der Waals surface area contributed by atoms with Gasteiger partial charge in [-0.3, -0.25) is 5.41 Å². The minimum Gasteiger partial charge on any atom is -0.368 e. The van der Waals surface area contributed by atoms with Crippen LogP contribution in [0.15, 0.2) is 10.7 Å². The molecular weight excluding hydrogens is 279 g/mol. The highest BCUT2D eigenvalue weighted by Crippen LogP contribution is 2.07. The van der Waals surface area contributed by atoms with E-state index in [9.17, 15) is 4.39 Å². The van der Waals surface area contributed by atoms with Crippen molar-refractivity contribution in [3.63, 3.8) is 0 Å². The Balaban J connectivity index is 3.48. The molecule has 15 heavy (non-hydrogen) atoms. The van der Waals surface area contributed by atoms with Crippen molar-refractivity contribution in [2.75, 3.05) is 13.3 Å². The zero-order valence-corrected chi connectivity index (χ0v) is 11.9. The molecule has 0 aliphatic heterocycles. The van der Waals surface area contributed by atoms with Gasteiger partial charge in [-0.25, -0.2) is 0 Å². The first-order valence-electron chi connectivity index (χ1n) is 4.74. The molecule has 0 aromatic heterocycles. The fraction of sp³-hybridized carbons (Fsp3) is 0.667. The van der Waals surface area contributed by atoms with Crippen molar-refractivity contribution in [3.8, 4) is 0 Å². The van der Waals surface area contributed by atoms with Crippen LogP contribution in [0.4, 0.5) is 4.39 Å². The van der Waals surface area contributed by atoms with Gasteiger partial charge in [0.25, 0.3) is 0 Å². The molecule has 0 unspecified atom stereocenters. The largest absolute Gasteiger partial charge is 0.368 e. The maximum absolute atomic E-state index is 12.2.